The quantitative estimate of drug-likeness (QED) is 0.807. The van der Waals surface area contributed by atoms with Gasteiger partial charge in [-0.3, -0.25) is 9.69 Å². The van der Waals surface area contributed by atoms with Crippen molar-refractivity contribution in [3.8, 4) is 0 Å². The van der Waals surface area contributed by atoms with Crippen molar-refractivity contribution in [1.82, 2.24) is 15.5 Å². The van der Waals surface area contributed by atoms with Crippen LogP contribution in [0.2, 0.25) is 0 Å². The van der Waals surface area contributed by atoms with E-state index in [0.29, 0.717) is 0 Å². The highest BCUT2D eigenvalue weighted by atomic mass is 16.2. The SMILES string of the molecule is CCC1CCCN(C(C)(C)CNC(=O)[C@@H]2CCCN2)C1. The van der Waals surface area contributed by atoms with Gasteiger partial charge in [0, 0.05) is 18.6 Å². The van der Waals surface area contributed by atoms with E-state index in [2.05, 4.69) is 36.3 Å². The van der Waals surface area contributed by atoms with Gasteiger partial charge in [0.1, 0.15) is 0 Å². The molecular formula is C16H31N3O. The highest BCUT2D eigenvalue weighted by Crippen LogP contribution is 2.25. The number of carbonyl (C=O) groups excluding carboxylic acids is 1. The van der Waals surface area contributed by atoms with E-state index in [1.54, 1.807) is 0 Å². The average Bonchev–Trinajstić information content (AvgIpc) is 2.99. The lowest BCUT2D eigenvalue weighted by atomic mass is 9.91. The Hall–Kier alpha value is -0.610. The van der Waals surface area contributed by atoms with Gasteiger partial charge in [0.15, 0.2) is 0 Å². The zero-order valence-corrected chi connectivity index (χ0v) is 13.4. The summed E-state index contributed by atoms with van der Waals surface area (Å²) in [5.74, 6) is 1.01. The largest absolute Gasteiger partial charge is 0.353 e. The van der Waals surface area contributed by atoms with Crippen LogP contribution in [-0.4, -0.2) is 48.6 Å². The molecule has 0 aliphatic carbocycles. The smallest absolute Gasteiger partial charge is 0.237 e. The normalized spacial score (nSPS) is 28.6. The third-order valence-corrected chi connectivity index (χ3v) is 5.02. The fourth-order valence-corrected chi connectivity index (χ4v) is 3.39. The van der Waals surface area contributed by atoms with E-state index in [4.69, 9.17) is 0 Å². The van der Waals surface area contributed by atoms with Crippen LogP contribution in [0.15, 0.2) is 0 Å². The van der Waals surface area contributed by atoms with Crippen LogP contribution in [0.3, 0.4) is 0 Å². The maximum atomic E-state index is 12.1. The highest BCUT2D eigenvalue weighted by molar-refractivity contribution is 5.82. The number of likely N-dealkylation sites (tertiary alicyclic amines) is 1. The van der Waals surface area contributed by atoms with E-state index in [1.165, 1.54) is 32.4 Å². The number of piperidine rings is 1. The third kappa shape index (κ3) is 3.95. The molecule has 0 bridgehead atoms. The predicted molar refractivity (Wildman–Crippen MR) is 82.7 cm³/mol. The molecule has 0 saturated carbocycles. The monoisotopic (exact) mass is 281 g/mol. The first-order chi connectivity index (χ1) is 9.53. The lowest BCUT2D eigenvalue weighted by Gasteiger charge is -2.43. The zero-order chi connectivity index (χ0) is 14.6. The first-order valence-corrected chi connectivity index (χ1v) is 8.29. The van der Waals surface area contributed by atoms with Crippen molar-refractivity contribution < 1.29 is 4.79 Å². The number of rotatable bonds is 5. The van der Waals surface area contributed by atoms with Crippen LogP contribution >= 0.6 is 0 Å². The van der Waals surface area contributed by atoms with Gasteiger partial charge >= 0.3 is 0 Å². The topological polar surface area (TPSA) is 44.4 Å². The van der Waals surface area contributed by atoms with Gasteiger partial charge < -0.3 is 10.6 Å². The summed E-state index contributed by atoms with van der Waals surface area (Å²) in [5.41, 5.74) is 0.0576. The molecule has 2 aliphatic heterocycles. The molecule has 0 aromatic heterocycles. The molecule has 2 N–H and O–H groups in total. The summed E-state index contributed by atoms with van der Waals surface area (Å²) in [6.07, 6.45) is 6.02. The van der Waals surface area contributed by atoms with Crippen LogP contribution in [-0.2, 0) is 4.79 Å². The molecule has 2 aliphatic rings. The molecule has 1 amide bonds. The van der Waals surface area contributed by atoms with Gasteiger partial charge in [0.05, 0.1) is 6.04 Å². The third-order valence-electron chi connectivity index (χ3n) is 5.02. The molecule has 2 heterocycles. The number of amides is 1. The molecule has 2 atom stereocenters. The van der Waals surface area contributed by atoms with Gasteiger partial charge in [-0.2, -0.15) is 0 Å². The fraction of sp³-hybridized carbons (Fsp3) is 0.938. The van der Waals surface area contributed by atoms with Crippen LogP contribution in [0.1, 0.15) is 52.9 Å². The minimum absolute atomic E-state index is 0.0375. The molecule has 2 fully saturated rings. The lowest BCUT2D eigenvalue weighted by molar-refractivity contribution is -0.123. The summed E-state index contributed by atoms with van der Waals surface area (Å²) < 4.78 is 0. The van der Waals surface area contributed by atoms with Crippen LogP contribution in [0.25, 0.3) is 0 Å². The summed E-state index contributed by atoms with van der Waals surface area (Å²) in [5, 5.41) is 6.41. The van der Waals surface area contributed by atoms with E-state index >= 15 is 0 Å². The van der Waals surface area contributed by atoms with Crippen LogP contribution in [0.4, 0.5) is 0 Å². The van der Waals surface area contributed by atoms with Crippen molar-refractivity contribution in [2.24, 2.45) is 5.92 Å². The molecule has 20 heavy (non-hydrogen) atoms. The molecule has 0 aromatic rings. The summed E-state index contributed by atoms with van der Waals surface area (Å²) in [7, 11) is 0. The minimum Gasteiger partial charge on any atom is -0.353 e. The van der Waals surface area contributed by atoms with Crippen molar-refractivity contribution in [3.05, 3.63) is 0 Å². The first kappa shape index (κ1) is 15.8. The van der Waals surface area contributed by atoms with Gasteiger partial charge in [-0.05, 0) is 58.5 Å². The minimum atomic E-state index is 0.0375. The van der Waals surface area contributed by atoms with E-state index < -0.39 is 0 Å². The first-order valence-electron chi connectivity index (χ1n) is 8.29. The molecule has 0 spiro atoms. The maximum absolute atomic E-state index is 12.1. The summed E-state index contributed by atoms with van der Waals surface area (Å²) in [6.45, 7) is 10.9. The summed E-state index contributed by atoms with van der Waals surface area (Å²) in [6, 6.07) is 0.0375. The van der Waals surface area contributed by atoms with E-state index in [-0.39, 0.29) is 17.5 Å². The van der Waals surface area contributed by atoms with Crippen LogP contribution < -0.4 is 10.6 Å². The second-order valence-electron chi connectivity index (χ2n) is 7.04. The van der Waals surface area contributed by atoms with Gasteiger partial charge in [0.25, 0.3) is 0 Å². The van der Waals surface area contributed by atoms with Crippen LogP contribution in [0.5, 0.6) is 0 Å². The van der Waals surface area contributed by atoms with E-state index in [1.807, 2.05) is 0 Å². The molecule has 4 heteroatoms. The molecule has 116 valence electrons. The second kappa shape index (κ2) is 6.90. The Bertz CT molecular complexity index is 324. The average molecular weight is 281 g/mol. The molecule has 0 aromatic carbocycles. The highest BCUT2D eigenvalue weighted by Gasteiger charge is 2.32. The Kier molecular flexibility index (Phi) is 5.44. The molecule has 1 unspecified atom stereocenters. The second-order valence-corrected chi connectivity index (χ2v) is 7.04. The fourth-order valence-electron chi connectivity index (χ4n) is 3.39. The summed E-state index contributed by atoms with van der Waals surface area (Å²) >= 11 is 0. The number of nitrogens with zero attached hydrogens (tertiary/aromatic N) is 1. The van der Waals surface area contributed by atoms with E-state index in [9.17, 15) is 4.79 Å². The molecular weight excluding hydrogens is 250 g/mol. The standard InChI is InChI=1S/C16H31N3O/c1-4-13-7-6-10-19(11-13)16(2,3)12-18-15(20)14-8-5-9-17-14/h13-14,17H,4-12H2,1-3H3,(H,18,20)/t13?,14-/m0/s1. The Balaban J connectivity index is 1.81. The Labute approximate surface area is 123 Å². The Morgan fingerprint density at radius 1 is 1.35 bits per heavy atom. The molecule has 4 nitrogen and oxygen atoms in total. The van der Waals surface area contributed by atoms with Crippen LogP contribution in [0, 0.1) is 5.92 Å². The maximum Gasteiger partial charge on any atom is 0.237 e. The van der Waals surface area contributed by atoms with Gasteiger partial charge in [0.2, 0.25) is 5.91 Å². The van der Waals surface area contributed by atoms with Crippen molar-refractivity contribution in [1.29, 1.82) is 0 Å². The van der Waals surface area contributed by atoms with Crippen molar-refractivity contribution in [2.75, 3.05) is 26.2 Å². The predicted octanol–water partition coefficient (Wildman–Crippen LogP) is 1.76. The Morgan fingerprint density at radius 3 is 2.80 bits per heavy atom. The summed E-state index contributed by atoms with van der Waals surface area (Å²) in [4.78, 5) is 14.7. The number of carbonyl (C=O) groups is 1. The lowest BCUT2D eigenvalue weighted by Crippen LogP contribution is -2.56. The number of hydrogen-bond donors (Lipinski definition) is 2. The molecule has 0 radical (unpaired) electrons. The number of nitrogens with one attached hydrogen (secondary N) is 2. The van der Waals surface area contributed by atoms with E-state index in [0.717, 1.165) is 31.8 Å². The zero-order valence-electron chi connectivity index (χ0n) is 13.4. The molecule has 2 rings (SSSR count). The molecule has 2 saturated heterocycles. The van der Waals surface area contributed by atoms with Crippen molar-refractivity contribution in [3.63, 3.8) is 0 Å². The van der Waals surface area contributed by atoms with Gasteiger partial charge in [-0.1, -0.05) is 13.3 Å². The Morgan fingerprint density at radius 2 is 2.15 bits per heavy atom. The number of hydrogen-bond acceptors (Lipinski definition) is 3. The van der Waals surface area contributed by atoms with Gasteiger partial charge in [-0.25, -0.2) is 0 Å². The van der Waals surface area contributed by atoms with Crippen molar-refractivity contribution >= 4 is 5.91 Å². The van der Waals surface area contributed by atoms with Crippen molar-refractivity contribution in [2.45, 2.75) is 64.5 Å². The van der Waals surface area contributed by atoms with Gasteiger partial charge in [-0.15, -0.1) is 0 Å².